The molecule has 0 spiro atoms. The highest BCUT2D eigenvalue weighted by Gasteiger charge is 2.15. The number of carboxylic acids is 1. The molecule has 2 unspecified atom stereocenters. The Morgan fingerprint density at radius 3 is 2.65 bits per heavy atom. The molecule has 0 aliphatic carbocycles. The van der Waals surface area contributed by atoms with E-state index in [1.807, 2.05) is 0 Å². The maximum Gasteiger partial charge on any atom is 0.337 e. The van der Waals surface area contributed by atoms with E-state index in [4.69, 9.17) is 5.11 Å². The molecule has 110 valence electrons. The normalized spacial score (nSPS) is 13.3. The number of rotatable bonds is 5. The largest absolute Gasteiger partial charge is 0.478 e. The molecule has 2 amide bonds. The lowest BCUT2D eigenvalue weighted by Crippen LogP contribution is -2.39. The summed E-state index contributed by atoms with van der Waals surface area (Å²) in [5.41, 5.74) is -0.354. The molecule has 0 aromatic heterocycles. The van der Waals surface area contributed by atoms with Gasteiger partial charge in [0.05, 0.1) is 11.3 Å². The van der Waals surface area contributed by atoms with Crippen molar-refractivity contribution < 1.29 is 23.3 Å². The van der Waals surface area contributed by atoms with E-state index in [0.29, 0.717) is 0 Å². The fourth-order valence-electron chi connectivity index (χ4n) is 1.58. The van der Waals surface area contributed by atoms with Gasteiger partial charge < -0.3 is 15.7 Å². The van der Waals surface area contributed by atoms with E-state index in [1.165, 1.54) is 12.3 Å². The summed E-state index contributed by atoms with van der Waals surface area (Å²) in [5.74, 6) is -1.77. The number of nitrogens with one attached hydrogen (secondary N) is 2. The van der Waals surface area contributed by atoms with E-state index in [-0.39, 0.29) is 23.0 Å². The summed E-state index contributed by atoms with van der Waals surface area (Å²) in [6.45, 7) is 1.67. The number of amides is 2. The van der Waals surface area contributed by atoms with Gasteiger partial charge in [0.1, 0.15) is 5.82 Å². The summed E-state index contributed by atoms with van der Waals surface area (Å²) in [6, 6.07) is 2.06. The van der Waals surface area contributed by atoms with E-state index in [1.54, 1.807) is 6.92 Å². The summed E-state index contributed by atoms with van der Waals surface area (Å²) in [5, 5.41) is 13.8. The Hall–Kier alpha value is -1.96. The number of hydrogen-bond donors (Lipinski definition) is 3. The van der Waals surface area contributed by atoms with Crippen LogP contribution in [0.2, 0.25) is 0 Å². The van der Waals surface area contributed by atoms with Gasteiger partial charge in [-0.25, -0.2) is 14.0 Å². The molecule has 3 N–H and O–H groups in total. The number of carboxylic acid groups (broad SMARTS) is 1. The highest BCUT2D eigenvalue weighted by Crippen LogP contribution is 2.17. The predicted octanol–water partition coefficient (Wildman–Crippen LogP) is 1.41. The molecule has 0 bridgehead atoms. The first-order valence-corrected chi connectivity index (χ1v) is 7.42. The second kappa shape index (κ2) is 6.99. The number of carbonyl (C=O) groups excluding carboxylic acids is 1. The third kappa shape index (κ3) is 4.96. The molecule has 2 atom stereocenters. The molecule has 1 aromatic rings. The van der Waals surface area contributed by atoms with Crippen LogP contribution in [0.1, 0.15) is 17.3 Å². The number of urea groups is 1. The molecule has 0 saturated carbocycles. The molecule has 6 nitrogen and oxygen atoms in total. The topological polar surface area (TPSA) is 95.5 Å². The molecule has 0 saturated heterocycles. The summed E-state index contributed by atoms with van der Waals surface area (Å²) in [4.78, 5) is 22.6. The Kier molecular flexibility index (Phi) is 5.63. The third-order valence-corrected chi connectivity index (χ3v) is 3.29. The second-order valence-electron chi connectivity index (χ2n) is 4.23. The second-order valence-corrected chi connectivity index (χ2v) is 5.71. The molecule has 8 heteroatoms. The van der Waals surface area contributed by atoms with Crippen molar-refractivity contribution in [3.63, 3.8) is 0 Å². The Morgan fingerprint density at radius 2 is 2.10 bits per heavy atom. The summed E-state index contributed by atoms with van der Waals surface area (Å²) >= 11 is 0. The fraction of sp³-hybridized carbons (Fsp3) is 0.333. The maximum atomic E-state index is 13.0. The number of halogens is 1. The van der Waals surface area contributed by atoms with E-state index >= 15 is 0 Å². The Labute approximate surface area is 117 Å². The van der Waals surface area contributed by atoms with Gasteiger partial charge in [0.25, 0.3) is 0 Å². The summed E-state index contributed by atoms with van der Waals surface area (Å²) < 4.78 is 24.0. The molecule has 0 radical (unpaired) electrons. The van der Waals surface area contributed by atoms with E-state index < -0.39 is 28.6 Å². The highest BCUT2D eigenvalue weighted by molar-refractivity contribution is 7.84. The zero-order chi connectivity index (χ0) is 15.3. The van der Waals surface area contributed by atoms with Crippen LogP contribution in [0.25, 0.3) is 0 Å². The van der Waals surface area contributed by atoms with Gasteiger partial charge >= 0.3 is 12.0 Å². The van der Waals surface area contributed by atoms with Crippen LogP contribution < -0.4 is 10.6 Å². The molecular formula is C12H15FN2O4S. The number of benzene rings is 1. The maximum absolute atomic E-state index is 13.0. The van der Waals surface area contributed by atoms with Gasteiger partial charge in [-0.05, 0) is 25.1 Å². The lowest BCUT2D eigenvalue weighted by Gasteiger charge is -2.14. The smallest absolute Gasteiger partial charge is 0.337 e. The highest BCUT2D eigenvalue weighted by atomic mass is 32.2. The van der Waals surface area contributed by atoms with Gasteiger partial charge in [-0.1, -0.05) is 0 Å². The monoisotopic (exact) mass is 302 g/mol. The quantitative estimate of drug-likeness (QED) is 0.766. The van der Waals surface area contributed by atoms with Crippen molar-refractivity contribution >= 4 is 28.5 Å². The van der Waals surface area contributed by atoms with Gasteiger partial charge in [0.2, 0.25) is 0 Å². The first-order chi connectivity index (χ1) is 9.29. The minimum absolute atomic E-state index is 0.0128. The first kappa shape index (κ1) is 16.1. The van der Waals surface area contributed by atoms with Crippen molar-refractivity contribution in [3.05, 3.63) is 29.6 Å². The summed E-state index contributed by atoms with van der Waals surface area (Å²) in [7, 11) is -1.06. The van der Waals surface area contributed by atoms with Crippen molar-refractivity contribution in [1.29, 1.82) is 0 Å². The third-order valence-electron chi connectivity index (χ3n) is 2.32. The van der Waals surface area contributed by atoms with Crippen LogP contribution in [0.5, 0.6) is 0 Å². The van der Waals surface area contributed by atoms with Crippen molar-refractivity contribution in [2.45, 2.75) is 13.0 Å². The zero-order valence-electron chi connectivity index (χ0n) is 11.0. The predicted molar refractivity (Wildman–Crippen MR) is 73.9 cm³/mol. The van der Waals surface area contributed by atoms with Gasteiger partial charge in [0.15, 0.2) is 0 Å². The van der Waals surface area contributed by atoms with Gasteiger partial charge in [-0.2, -0.15) is 0 Å². The molecule has 20 heavy (non-hydrogen) atoms. The van der Waals surface area contributed by atoms with E-state index in [9.17, 15) is 18.2 Å². The van der Waals surface area contributed by atoms with E-state index in [0.717, 1.165) is 12.1 Å². The van der Waals surface area contributed by atoms with Crippen LogP contribution in [0.15, 0.2) is 18.2 Å². The molecule has 0 aliphatic heterocycles. The van der Waals surface area contributed by atoms with Crippen molar-refractivity contribution in [2.75, 3.05) is 17.3 Å². The van der Waals surface area contributed by atoms with Crippen LogP contribution in [-0.2, 0) is 10.8 Å². The Balaban J connectivity index is 2.76. The molecular weight excluding hydrogens is 287 g/mol. The van der Waals surface area contributed by atoms with Crippen molar-refractivity contribution in [1.82, 2.24) is 5.32 Å². The molecule has 1 aromatic carbocycles. The van der Waals surface area contributed by atoms with Crippen LogP contribution in [0, 0.1) is 5.82 Å². The van der Waals surface area contributed by atoms with Gasteiger partial charge in [0, 0.05) is 28.9 Å². The van der Waals surface area contributed by atoms with Crippen LogP contribution in [0.3, 0.4) is 0 Å². The number of aromatic carboxylic acids is 1. The lowest BCUT2D eigenvalue weighted by molar-refractivity contribution is 0.0697. The zero-order valence-corrected chi connectivity index (χ0v) is 11.8. The van der Waals surface area contributed by atoms with Gasteiger partial charge in [-0.15, -0.1) is 0 Å². The van der Waals surface area contributed by atoms with Crippen molar-refractivity contribution in [2.24, 2.45) is 0 Å². The Bertz CT molecular complexity index is 550. The SMILES string of the molecule is CC(CS(C)=O)NC(=O)Nc1ccc(F)cc1C(=O)O. The Morgan fingerprint density at radius 1 is 1.45 bits per heavy atom. The minimum Gasteiger partial charge on any atom is -0.478 e. The fourth-order valence-corrected chi connectivity index (χ4v) is 2.37. The van der Waals surface area contributed by atoms with E-state index in [2.05, 4.69) is 10.6 Å². The molecule has 0 fully saturated rings. The number of anilines is 1. The lowest BCUT2D eigenvalue weighted by atomic mass is 10.1. The van der Waals surface area contributed by atoms with Crippen LogP contribution in [0.4, 0.5) is 14.9 Å². The van der Waals surface area contributed by atoms with Crippen LogP contribution in [-0.4, -0.2) is 39.4 Å². The average Bonchev–Trinajstić information content (AvgIpc) is 2.29. The number of carbonyl (C=O) groups is 2. The minimum atomic E-state index is -1.34. The molecule has 0 aliphatic rings. The molecule has 0 heterocycles. The van der Waals surface area contributed by atoms with Gasteiger partial charge in [-0.3, -0.25) is 4.21 Å². The number of hydrogen-bond acceptors (Lipinski definition) is 3. The standard InChI is InChI=1S/C12H15FN2O4S/c1-7(6-20(2)19)14-12(18)15-10-4-3-8(13)5-9(10)11(16)17/h3-5,7H,6H2,1-2H3,(H,16,17)(H2,14,15,18). The van der Waals surface area contributed by atoms with Crippen LogP contribution >= 0.6 is 0 Å². The van der Waals surface area contributed by atoms with Crippen molar-refractivity contribution in [3.8, 4) is 0 Å². The summed E-state index contributed by atoms with van der Waals surface area (Å²) in [6.07, 6.45) is 1.51. The molecule has 1 rings (SSSR count). The first-order valence-electron chi connectivity index (χ1n) is 5.70. The average molecular weight is 302 g/mol.